The van der Waals surface area contributed by atoms with Crippen LogP contribution in [0.5, 0.6) is 0 Å². The zero-order valence-electron chi connectivity index (χ0n) is 8.17. The van der Waals surface area contributed by atoms with Gasteiger partial charge in [-0.05, 0) is 9.39 Å². The summed E-state index contributed by atoms with van der Waals surface area (Å²) in [6.07, 6.45) is 9.00. The van der Waals surface area contributed by atoms with Gasteiger partial charge in [0.1, 0.15) is 38.0 Å². The zero-order chi connectivity index (χ0) is 11.5. The van der Waals surface area contributed by atoms with Crippen molar-refractivity contribution in [3.8, 4) is 0 Å². The number of aromatic amines is 2. The molecule has 3 heterocycles. The Hall–Kier alpha value is -2.15. The lowest BCUT2D eigenvalue weighted by Crippen LogP contribution is -1.72. The minimum atomic E-state index is 1.44. The molecular formula is C6H10N9P. The highest BCUT2D eigenvalue weighted by atomic mass is 31.0. The van der Waals surface area contributed by atoms with Crippen molar-refractivity contribution in [3.05, 3.63) is 38.0 Å². The van der Waals surface area contributed by atoms with E-state index in [1.54, 1.807) is 10.8 Å². The van der Waals surface area contributed by atoms with E-state index in [1.807, 2.05) is 0 Å². The van der Waals surface area contributed by atoms with Gasteiger partial charge in [0.25, 0.3) is 0 Å². The molecule has 0 aliphatic carbocycles. The van der Waals surface area contributed by atoms with Gasteiger partial charge >= 0.3 is 0 Å². The van der Waals surface area contributed by atoms with Gasteiger partial charge in [-0.1, -0.05) is 0 Å². The maximum atomic E-state index is 3.69. The number of hydrogen-bond donors (Lipinski definition) is 2. The molecule has 0 saturated heterocycles. The number of nitrogens with zero attached hydrogens (tertiary/aromatic N) is 7. The molecule has 3 aromatic rings. The van der Waals surface area contributed by atoms with E-state index in [9.17, 15) is 0 Å². The standard InChI is InChI=1S/C2H4N3P.2C2H3N3/c6-5-2-3-1-4-5;2*1-3-2-5-4-1/h1-2H,6H2;2*1-2H,(H,3,4,5). The first-order valence-electron chi connectivity index (χ1n) is 4.06. The predicted molar refractivity (Wildman–Crippen MR) is 57.9 cm³/mol. The fourth-order valence-corrected chi connectivity index (χ4v) is 0.687. The van der Waals surface area contributed by atoms with E-state index < -0.39 is 0 Å². The van der Waals surface area contributed by atoms with Crippen LogP contribution in [0.2, 0.25) is 0 Å². The van der Waals surface area contributed by atoms with Gasteiger partial charge in [0.2, 0.25) is 0 Å². The van der Waals surface area contributed by atoms with Crippen molar-refractivity contribution in [2.75, 3.05) is 0 Å². The van der Waals surface area contributed by atoms with Crippen molar-refractivity contribution in [1.29, 1.82) is 0 Å². The summed E-state index contributed by atoms with van der Waals surface area (Å²) in [5, 5.41) is 15.7. The molecule has 10 heteroatoms. The van der Waals surface area contributed by atoms with Crippen LogP contribution < -0.4 is 0 Å². The molecule has 3 rings (SSSR count). The Balaban J connectivity index is 0.000000121. The third-order valence-electron chi connectivity index (χ3n) is 1.10. The first-order chi connectivity index (χ1) is 7.89. The van der Waals surface area contributed by atoms with Crippen LogP contribution in [0, 0.1) is 0 Å². The summed E-state index contributed by atoms with van der Waals surface area (Å²) in [5.74, 6) is 0. The SMILES string of the molecule is Pn1cncn1.c1nc[nH]n1.c1nc[nH]n1. The molecule has 3 aromatic heterocycles. The summed E-state index contributed by atoms with van der Waals surface area (Å²) in [4.78, 5) is 10.8. The normalized spacial score (nSPS) is 8.31. The smallest absolute Gasteiger partial charge is 0.138 e. The lowest BCUT2D eigenvalue weighted by atomic mass is 11.3. The van der Waals surface area contributed by atoms with Crippen molar-refractivity contribution in [2.24, 2.45) is 0 Å². The molecular weight excluding hydrogens is 229 g/mol. The van der Waals surface area contributed by atoms with Crippen molar-refractivity contribution < 1.29 is 0 Å². The van der Waals surface area contributed by atoms with Crippen molar-refractivity contribution >= 4 is 9.39 Å². The molecule has 0 spiro atoms. The highest BCUT2D eigenvalue weighted by Crippen LogP contribution is 1.81. The molecule has 0 aliphatic rings. The number of hydrogen-bond acceptors (Lipinski definition) is 6. The van der Waals surface area contributed by atoms with Crippen LogP contribution >= 0.6 is 9.39 Å². The fourth-order valence-electron chi connectivity index (χ4n) is 0.551. The summed E-state index contributed by atoms with van der Waals surface area (Å²) >= 11 is 0. The minimum Gasteiger partial charge on any atom is -0.266 e. The monoisotopic (exact) mass is 239 g/mol. The Bertz CT molecular complexity index is 344. The Morgan fingerprint density at radius 2 is 1.50 bits per heavy atom. The van der Waals surface area contributed by atoms with E-state index in [0.717, 1.165) is 0 Å². The van der Waals surface area contributed by atoms with Gasteiger partial charge in [-0.2, -0.15) is 15.3 Å². The van der Waals surface area contributed by atoms with E-state index in [2.05, 4.69) is 49.8 Å². The van der Waals surface area contributed by atoms with E-state index in [4.69, 9.17) is 0 Å². The van der Waals surface area contributed by atoms with E-state index >= 15 is 0 Å². The molecule has 2 N–H and O–H groups in total. The third-order valence-corrected chi connectivity index (χ3v) is 1.37. The highest BCUT2D eigenvalue weighted by Gasteiger charge is 1.70. The van der Waals surface area contributed by atoms with Gasteiger partial charge in [0, 0.05) is 0 Å². The predicted octanol–water partition coefficient (Wildman–Crippen LogP) is -0.474. The molecule has 0 amide bonds. The fraction of sp³-hybridized carbons (Fsp3) is 0. The molecule has 0 aliphatic heterocycles. The minimum absolute atomic E-state index is 1.44. The number of H-pyrrole nitrogens is 2. The van der Waals surface area contributed by atoms with Crippen LogP contribution in [0.25, 0.3) is 0 Å². The second-order valence-electron chi connectivity index (χ2n) is 2.18. The summed E-state index contributed by atoms with van der Waals surface area (Å²) in [7, 11) is 2.36. The molecule has 0 bridgehead atoms. The molecule has 9 nitrogen and oxygen atoms in total. The lowest BCUT2D eigenvalue weighted by molar-refractivity contribution is 1.01. The molecule has 0 radical (unpaired) electrons. The molecule has 0 aromatic carbocycles. The zero-order valence-corrected chi connectivity index (χ0v) is 9.33. The molecule has 16 heavy (non-hydrogen) atoms. The van der Waals surface area contributed by atoms with E-state index in [-0.39, 0.29) is 0 Å². The van der Waals surface area contributed by atoms with Crippen molar-refractivity contribution in [3.63, 3.8) is 0 Å². The summed E-state index contributed by atoms with van der Waals surface area (Å²) < 4.78 is 1.56. The average molecular weight is 239 g/mol. The lowest BCUT2D eigenvalue weighted by Gasteiger charge is -1.74. The first-order valence-corrected chi connectivity index (χ1v) is 4.58. The maximum Gasteiger partial charge on any atom is 0.138 e. The first kappa shape index (κ1) is 11.9. The number of aromatic nitrogens is 9. The van der Waals surface area contributed by atoms with E-state index in [1.165, 1.54) is 31.6 Å². The third kappa shape index (κ3) is 6.33. The summed E-state index contributed by atoms with van der Waals surface area (Å²) in [5.41, 5.74) is 0. The van der Waals surface area contributed by atoms with Gasteiger partial charge in [-0.15, -0.1) is 0 Å². The maximum absolute atomic E-state index is 3.69. The number of nitrogens with one attached hydrogen (secondary N) is 2. The Labute approximate surface area is 93.0 Å². The van der Waals surface area contributed by atoms with Gasteiger partial charge in [-0.3, -0.25) is 10.2 Å². The van der Waals surface area contributed by atoms with E-state index in [0.29, 0.717) is 0 Å². The van der Waals surface area contributed by atoms with Crippen LogP contribution in [-0.4, -0.2) is 44.9 Å². The molecule has 0 saturated carbocycles. The number of rotatable bonds is 0. The second kappa shape index (κ2) is 8.18. The average Bonchev–Trinajstić information content (AvgIpc) is 3.07. The quantitative estimate of drug-likeness (QED) is 0.512. The molecule has 1 atom stereocenters. The summed E-state index contributed by atoms with van der Waals surface area (Å²) in [6.45, 7) is 0. The van der Waals surface area contributed by atoms with Crippen LogP contribution in [0.4, 0.5) is 0 Å². The van der Waals surface area contributed by atoms with Crippen LogP contribution in [0.15, 0.2) is 38.0 Å². The highest BCUT2D eigenvalue weighted by molar-refractivity contribution is 7.14. The van der Waals surface area contributed by atoms with Gasteiger partial charge in [0.15, 0.2) is 0 Å². The van der Waals surface area contributed by atoms with Crippen LogP contribution in [0.3, 0.4) is 0 Å². The molecule has 0 fully saturated rings. The van der Waals surface area contributed by atoms with Gasteiger partial charge in [0.05, 0.1) is 0 Å². The summed E-state index contributed by atoms with van der Waals surface area (Å²) in [6, 6.07) is 0. The Morgan fingerprint density at radius 1 is 0.875 bits per heavy atom. The molecule has 1 unspecified atom stereocenters. The van der Waals surface area contributed by atoms with Gasteiger partial charge in [-0.25, -0.2) is 19.4 Å². The van der Waals surface area contributed by atoms with Crippen LogP contribution in [-0.2, 0) is 0 Å². The van der Waals surface area contributed by atoms with Crippen molar-refractivity contribution in [2.45, 2.75) is 0 Å². The molecule has 84 valence electrons. The largest absolute Gasteiger partial charge is 0.266 e. The van der Waals surface area contributed by atoms with Crippen LogP contribution in [0.1, 0.15) is 0 Å². The van der Waals surface area contributed by atoms with Crippen molar-refractivity contribution in [1.82, 2.24) is 44.9 Å². The topological polar surface area (TPSA) is 114 Å². The Morgan fingerprint density at radius 3 is 1.62 bits per heavy atom. The van der Waals surface area contributed by atoms with Gasteiger partial charge < -0.3 is 0 Å². The second-order valence-corrected chi connectivity index (χ2v) is 2.71. The Kier molecular flexibility index (Phi) is 6.10.